The number of carbonyl (C=O) groups is 1. The van der Waals surface area contributed by atoms with E-state index in [1.165, 1.54) is 12.5 Å². The summed E-state index contributed by atoms with van der Waals surface area (Å²) in [7, 11) is 0. The summed E-state index contributed by atoms with van der Waals surface area (Å²) in [6, 6.07) is 10.6. The predicted molar refractivity (Wildman–Crippen MR) is 79.4 cm³/mol. The number of nitrogens with zero attached hydrogens (tertiary/aromatic N) is 1. The van der Waals surface area contributed by atoms with Crippen LogP contribution in [0.5, 0.6) is 0 Å². The van der Waals surface area contributed by atoms with E-state index in [2.05, 4.69) is 34.5 Å². The van der Waals surface area contributed by atoms with Gasteiger partial charge in [0.05, 0.1) is 0 Å². The molecule has 2 atom stereocenters. The molecule has 20 heavy (non-hydrogen) atoms. The first-order chi connectivity index (χ1) is 9.69. The molecule has 1 fully saturated rings. The van der Waals surface area contributed by atoms with Crippen molar-refractivity contribution in [2.75, 3.05) is 26.2 Å². The molecule has 0 saturated carbocycles. The molecule has 1 saturated heterocycles. The van der Waals surface area contributed by atoms with Gasteiger partial charge in [0, 0.05) is 38.6 Å². The molecule has 4 nitrogen and oxygen atoms in total. The first-order valence-corrected chi connectivity index (χ1v) is 7.33. The monoisotopic (exact) mass is 276 g/mol. The molecule has 2 rings (SSSR count). The van der Waals surface area contributed by atoms with Crippen molar-refractivity contribution in [3.63, 3.8) is 0 Å². The minimum absolute atomic E-state index is 0.0143. The third kappa shape index (κ3) is 4.32. The Labute approximate surface area is 120 Å². The number of aliphatic hydroxyl groups excluding tert-OH is 1. The van der Waals surface area contributed by atoms with E-state index in [0.29, 0.717) is 0 Å². The molecule has 4 heteroatoms. The summed E-state index contributed by atoms with van der Waals surface area (Å²) < 4.78 is 0. The third-order valence-corrected chi connectivity index (χ3v) is 3.92. The van der Waals surface area contributed by atoms with Gasteiger partial charge in [0.25, 0.3) is 0 Å². The zero-order chi connectivity index (χ0) is 14.4. The highest BCUT2D eigenvalue weighted by Gasteiger charge is 2.32. The highest BCUT2D eigenvalue weighted by Crippen LogP contribution is 2.17. The summed E-state index contributed by atoms with van der Waals surface area (Å²) in [4.78, 5) is 13.5. The van der Waals surface area contributed by atoms with E-state index in [0.717, 1.165) is 32.5 Å². The van der Waals surface area contributed by atoms with Crippen LogP contribution in [0.4, 0.5) is 0 Å². The molecule has 2 N–H and O–H groups in total. The predicted octanol–water partition coefficient (Wildman–Crippen LogP) is 1.05. The maximum absolute atomic E-state index is 11.2. The number of likely N-dealkylation sites (tertiary alicyclic amines) is 1. The van der Waals surface area contributed by atoms with Gasteiger partial charge in [0.15, 0.2) is 0 Å². The van der Waals surface area contributed by atoms with Gasteiger partial charge in [-0.3, -0.25) is 4.79 Å². The van der Waals surface area contributed by atoms with Crippen LogP contribution in [0, 0.1) is 5.92 Å². The molecule has 0 unspecified atom stereocenters. The van der Waals surface area contributed by atoms with Crippen LogP contribution in [0.3, 0.4) is 0 Å². The van der Waals surface area contributed by atoms with Crippen molar-refractivity contribution in [1.82, 2.24) is 10.2 Å². The van der Waals surface area contributed by atoms with Crippen molar-refractivity contribution in [3.05, 3.63) is 35.9 Å². The van der Waals surface area contributed by atoms with Crippen molar-refractivity contribution < 1.29 is 9.90 Å². The van der Waals surface area contributed by atoms with Gasteiger partial charge >= 0.3 is 0 Å². The van der Waals surface area contributed by atoms with E-state index in [9.17, 15) is 9.90 Å². The molecule has 0 aliphatic carbocycles. The number of rotatable bonds is 6. The zero-order valence-corrected chi connectivity index (χ0v) is 12.1. The summed E-state index contributed by atoms with van der Waals surface area (Å²) in [5.41, 5.74) is 1.36. The van der Waals surface area contributed by atoms with Gasteiger partial charge in [0.1, 0.15) is 0 Å². The van der Waals surface area contributed by atoms with Crippen LogP contribution in [-0.4, -0.2) is 48.2 Å². The second-order valence-corrected chi connectivity index (χ2v) is 5.60. The number of hydrogen-bond acceptors (Lipinski definition) is 3. The Morgan fingerprint density at radius 2 is 2.10 bits per heavy atom. The molecule has 0 radical (unpaired) electrons. The van der Waals surface area contributed by atoms with E-state index >= 15 is 0 Å². The fourth-order valence-corrected chi connectivity index (χ4v) is 2.90. The average molecular weight is 276 g/mol. The molecule has 1 heterocycles. The largest absolute Gasteiger partial charge is 0.396 e. The standard InChI is InChI=1S/C16H24N2O2/c1-13(20)17-16-11-18(10-15(16)12-19)9-5-8-14-6-3-2-4-7-14/h2-4,6-7,15-16,19H,5,8-12H2,1H3,(H,17,20)/t15-,16+/m0/s1. The summed E-state index contributed by atoms with van der Waals surface area (Å²) >= 11 is 0. The van der Waals surface area contributed by atoms with E-state index < -0.39 is 0 Å². The smallest absolute Gasteiger partial charge is 0.217 e. The van der Waals surface area contributed by atoms with Crippen molar-refractivity contribution >= 4 is 5.91 Å². The van der Waals surface area contributed by atoms with Gasteiger partial charge in [-0.05, 0) is 24.9 Å². The SMILES string of the molecule is CC(=O)N[C@@H]1CN(CCCc2ccccc2)C[C@H]1CO. The Morgan fingerprint density at radius 3 is 2.75 bits per heavy atom. The molecular formula is C16H24N2O2. The lowest BCUT2D eigenvalue weighted by Gasteiger charge is -2.16. The molecule has 1 aliphatic heterocycles. The first-order valence-electron chi connectivity index (χ1n) is 7.33. The van der Waals surface area contributed by atoms with Crippen LogP contribution in [-0.2, 0) is 11.2 Å². The van der Waals surface area contributed by atoms with Crippen LogP contribution in [0.25, 0.3) is 0 Å². The lowest BCUT2D eigenvalue weighted by Crippen LogP contribution is -2.40. The number of carbonyl (C=O) groups excluding carboxylic acids is 1. The Morgan fingerprint density at radius 1 is 1.35 bits per heavy atom. The fraction of sp³-hybridized carbons (Fsp3) is 0.562. The third-order valence-electron chi connectivity index (χ3n) is 3.92. The number of nitrogens with one attached hydrogen (secondary N) is 1. The molecule has 1 amide bonds. The highest BCUT2D eigenvalue weighted by molar-refractivity contribution is 5.73. The van der Waals surface area contributed by atoms with E-state index in [1.54, 1.807) is 0 Å². The maximum Gasteiger partial charge on any atom is 0.217 e. The van der Waals surface area contributed by atoms with Gasteiger partial charge in [-0.25, -0.2) is 0 Å². The van der Waals surface area contributed by atoms with Gasteiger partial charge in [-0.15, -0.1) is 0 Å². The Hall–Kier alpha value is -1.39. The summed E-state index contributed by atoms with van der Waals surface area (Å²) in [5.74, 6) is 0.148. The van der Waals surface area contributed by atoms with Crippen LogP contribution in [0.2, 0.25) is 0 Å². The number of aryl methyl sites for hydroxylation is 1. The van der Waals surface area contributed by atoms with Gasteiger partial charge < -0.3 is 15.3 Å². The summed E-state index contributed by atoms with van der Waals surface area (Å²) in [6.45, 7) is 4.41. The summed E-state index contributed by atoms with van der Waals surface area (Å²) in [5, 5.41) is 12.3. The zero-order valence-electron chi connectivity index (χ0n) is 12.1. The molecule has 0 bridgehead atoms. The average Bonchev–Trinajstić information content (AvgIpc) is 2.81. The van der Waals surface area contributed by atoms with Crippen LogP contribution >= 0.6 is 0 Å². The summed E-state index contributed by atoms with van der Waals surface area (Å²) in [6.07, 6.45) is 2.18. The number of aliphatic hydroxyl groups is 1. The van der Waals surface area contributed by atoms with E-state index in [-0.39, 0.29) is 24.5 Å². The van der Waals surface area contributed by atoms with Crippen molar-refractivity contribution in [2.45, 2.75) is 25.8 Å². The molecule has 1 aromatic carbocycles. The number of benzene rings is 1. The molecule has 1 aromatic rings. The van der Waals surface area contributed by atoms with E-state index in [4.69, 9.17) is 0 Å². The second-order valence-electron chi connectivity index (χ2n) is 5.60. The highest BCUT2D eigenvalue weighted by atomic mass is 16.3. The molecule has 110 valence electrons. The minimum Gasteiger partial charge on any atom is -0.396 e. The molecule has 0 aromatic heterocycles. The Kier molecular flexibility index (Phi) is 5.56. The van der Waals surface area contributed by atoms with Crippen LogP contribution in [0.15, 0.2) is 30.3 Å². The van der Waals surface area contributed by atoms with Gasteiger partial charge in [0.2, 0.25) is 5.91 Å². The van der Waals surface area contributed by atoms with Crippen molar-refractivity contribution in [2.24, 2.45) is 5.92 Å². The van der Waals surface area contributed by atoms with Crippen LogP contribution in [0.1, 0.15) is 18.9 Å². The minimum atomic E-state index is -0.0143. The van der Waals surface area contributed by atoms with Gasteiger partial charge in [-0.1, -0.05) is 30.3 Å². The maximum atomic E-state index is 11.2. The van der Waals surface area contributed by atoms with E-state index in [1.807, 2.05) is 6.07 Å². The Balaban J connectivity index is 1.75. The molecule has 1 aliphatic rings. The number of hydrogen-bond donors (Lipinski definition) is 2. The fourth-order valence-electron chi connectivity index (χ4n) is 2.90. The normalized spacial score (nSPS) is 22.9. The topological polar surface area (TPSA) is 52.6 Å². The Bertz CT molecular complexity index is 422. The van der Waals surface area contributed by atoms with Crippen molar-refractivity contribution in [3.8, 4) is 0 Å². The van der Waals surface area contributed by atoms with Gasteiger partial charge in [-0.2, -0.15) is 0 Å². The second kappa shape index (κ2) is 7.41. The van der Waals surface area contributed by atoms with Crippen LogP contribution < -0.4 is 5.32 Å². The number of amides is 1. The molecular weight excluding hydrogens is 252 g/mol. The lowest BCUT2D eigenvalue weighted by atomic mass is 10.1. The molecule has 0 spiro atoms. The van der Waals surface area contributed by atoms with Crippen molar-refractivity contribution in [1.29, 1.82) is 0 Å². The lowest BCUT2D eigenvalue weighted by molar-refractivity contribution is -0.119. The quantitative estimate of drug-likeness (QED) is 0.816. The first kappa shape index (κ1) is 15.0.